The second-order valence-electron chi connectivity index (χ2n) is 4.96. The van der Waals surface area contributed by atoms with Crippen LogP contribution in [0.4, 0.5) is 0 Å². The summed E-state index contributed by atoms with van der Waals surface area (Å²) in [6, 6.07) is 20.8. The topological polar surface area (TPSA) is 46.5 Å². The van der Waals surface area contributed by atoms with E-state index in [0.29, 0.717) is 5.57 Å². The molecule has 122 valence electrons. The fourth-order valence-electron chi connectivity index (χ4n) is 1.43. The molecule has 1 N–H and O–H groups in total. The molecule has 0 bridgehead atoms. The lowest BCUT2D eigenvalue weighted by molar-refractivity contribution is -0.141. The Hall–Kier alpha value is -2.04. The summed E-state index contributed by atoms with van der Waals surface area (Å²) in [7, 11) is 0. The molecule has 3 nitrogen and oxygen atoms in total. The van der Waals surface area contributed by atoms with E-state index < -0.39 is 12.1 Å². The van der Waals surface area contributed by atoms with Crippen molar-refractivity contribution in [2.45, 2.75) is 29.7 Å². The molecule has 0 heterocycles. The molecular weight excluding hydrogens is 308 g/mol. The standard InChI is InChI=1S/C12H10S.C7H12O3/c1-3-7-11(8-4-1)13-12-9-5-2-6-10-12;1-5(2)7(9)10-4-6(3)8/h1-10H;6,8H,1,4H2,2-3H3. The second kappa shape index (κ2) is 10.6. The van der Waals surface area contributed by atoms with E-state index in [2.05, 4.69) is 59.8 Å². The molecule has 0 aromatic heterocycles. The van der Waals surface area contributed by atoms with Gasteiger partial charge in [0.05, 0.1) is 6.10 Å². The predicted octanol–water partition coefficient (Wildman–Crippen LogP) is 4.32. The maximum atomic E-state index is 10.6. The van der Waals surface area contributed by atoms with Crippen molar-refractivity contribution in [3.63, 3.8) is 0 Å². The predicted molar refractivity (Wildman–Crippen MR) is 94.5 cm³/mol. The van der Waals surface area contributed by atoms with E-state index in [0.717, 1.165) is 0 Å². The van der Waals surface area contributed by atoms with Crippen LogP contribution in [0.5, 0.6) is 0 Å². The minimum absolute atomic E-state index is 0.0334. The van der Waals surface area contributed by atoms with Gasteiger partial charge in [0.25, 0.3) is 0 Å². The van der Waals surface area contributed by atoms with Gasteiger partial charge in [-0.3, -0.25) is 0 Å². The first-order valence-corrected chi connectivity index (χ1v) is 8.09. The molecule has 2 aromatic rings. The number of aliphatic hydroxyl groups excluding tert-OH is 1. The van der Waals surface area contributed by atoms with Gasteiger partial charge in [-0.1, -0.05) is 54.7 Å². The van der Waals surface area contributed by atoms with Crippen LogP contribution in [0.1, 0.15) is 13.8 Å². The van der Waals surface area contributed by atoms with E-state index in [1.807, 2.05) is 12.1 Å². The van der Waals surface area contributed by atoms with Crippen LogP contribution in [-0.2, 0) is 9.53 Å². The highest BCUT2D eigenvalue weighted by molar-refractivity contribution is 7.99. The first kappa shape index (κ1) is 19.0. The molecule has 0 aliphatic carbocycles. The van der Waals surface area contributed by atoms with Gasteiger partial charge in [-0.05, 0) is 38.1 Å². The molecular formula is C19H22O3S. The molecule has 2 aromatic carbocycles. The summed E-state index contributed by atoms with van der Waals surface area (Å²) in [5.41, 5.74) is 0.348. The zero-order chi connectivity index (χ0) is 17.1. The van der Waals surface area contributed by atoms with Gasteiger partial charge in [0.1, 0.15) is 6.61 Å². The van der Waals surface area contributed by atoms with Gasteiger partial charge in [-0.25, -0.2) is 4.79 Å². The van der Waals surface area contributed by atoms with Crippen LogP contribution in [0.25, 0.3) is 0 Å². The highest BCUT2D eigenvalue weighted by Gasteiger charge is 2.03. The summed E-state index contributed by atoms with van der Waals surface area (Å²) in [4.78, 5) is 13.2. The molecule has 23 heavy (non-hydrogen) atoms. The fourth-order valence-corrected chi connectivity index (χ4v) is 2.29. The van der Waals surface area contributed by atoms with E-state index in [1.165, 1.54) is 9.79 Å². The van der Waals surface area contributed by atoms with Crippen molar-refractivity contribution in [3.8, 4) is 0 Å². The average molecular weight is 330 g/mol. The summed E-state index contributed by atoms with van der Waals surface area (Å²) in [5.74, 6) is -0.457. The lowest BCUT2D eigenvalue weighted by atomic mass is 10.3. The molecule has 0 amide bonds. The summed E-state index contributed by atoms with van der Waals surface area (Å²) in [6.07, 6.45) is -0.608. The zero-order valence-corrected chi connectivity index (χ0v) is 14.3. The van der Waals surface area contributed by atoms with E-state index in [9.17, 15) is 4.79 Å². The normalized spacial score (nSPS) is 10.9. The van der Waals surface area contributed by atoms with E-state index in [-0.39, 0.29) is 6.61 Å². The van der Waals surface area contributed by atoms with E-state index in [4.69, 9.17) is 5.11 Å². The van der Waals surface area contributed by atoms with Gasteiger partial charge in [0, 0.05) is 15.4 Å². The number of benzene rings is 2. The summed E-state index contributed by atoms with van der Waals surface area (Å²) in [6.45, 7) is 6.52. The first-order valence-electron chi connectivity index (χ1n) is 7.27. The molecule has 1 atom stereocenters. The minimum Gasteiger partial charge on any atom is -0.460 e. The molecule has 0 fully saturated rings. The largest absolute Gasteiger partial charge is 0.460 e. The van der Waals surface area contributed by atoms with Crippen molar-refractivity contribution in [1.82, 2.24) is 0 Å². The van der Waals surface area contributed by atoms with E-state index in [1.54, 1.807) is 25.6 Å². The van der Waals surface area contributed by atoms with Gasteiger partial charge in [0.2, 0.25) is 0 Å². The third-order valence-corrected chi connectivity index (χ3v) is 3.54. The number of esters is 1. The Morgan fingerprint density at radius 2 is 1.52 bits per heavy atom. The Morgan fingerprint density at radius 1 is 1.09 bits per heavy atom. The number of hydrogen-bond acceptors (Lipinski definition) is 4. The van der Waals surface area contributed by atoms with Crippen LogP contribution in [-0.4, -0.2) is 23.8 Å². The van der Waals surface area contributed by atoms with Gasteiger partial charge in [-0.15, -0.1) is 0 Å². The van der Waals surface area contributed by atoms with Gasteiger partial charge in [0.15, 0.2) is 0 Å². The number of hydrogen-bond donors (Lipinski definition) is 1. The monoisotopic (exact) mass is 330 g/mol. The van der Waals surface area contributed by atoms with Crippen molar-refractivity contribution in [1.29, 1.82) is 0 Å². The third-order valence-electron chi connectivity index (χ3n) is 2.53. The Bertz CT molecular complexity index is 557. The Balaban J connectivity index is 0.000000241. The molecule has 1 unspecified atom stereocenters. The molecule has 0 radical (unpaired) electrons. The Labute approximate surface area is 142 Å². The number of rotatable bonds is 5. The SMILES string of the molecule is C=C(C)C(=O)OCC(C)O.c1ccc(Sc2ccccc2)cc1. The summed E-state index contributed by atoms with van der Waals surface area (Å²) < 4.78 is 4.58. The van der Waals surface area contributed by atoms with Crippen molar-refractivity contribution >= 4 is 17.7 Å². The highest BCUT2D eigenvalue weighted by Crippen LogP contribution is 2.26. The van der Waals surface area contributed by atoms with Crippen LogP contribution < -0.4 is 0 Å². The lowest BCUT2D eigenvalue weighted by Crippen LogP contribution is -2.15. The molecule has 0 saturated heterocycles. The fraction of sp³-hybridized carbons (Fsp3) is 0.211. The molecule has 4 heteroatoms. The zero-order valence-electron chi connectivity index (χ0n) is 13.4. The molecule has 0 spiro atoms. The molecule has 0 saturated carbocycles. The average Bonchev–Trinajstić information content (AvgIpc) is 2.55. The van der Waals surface area contributed by atoms with Crippen LogP contribution in [0.2, 0.25) is 0 Å². The lowest BCUT2D eigenvalue weighted by Gasteiger charge is -2.04. The van der Waals surface area contributed by atoms with Gasteiger partial charge >= 0.3 is 5.97 Å². The van der Waals surface area contributed by atoms with Gasteiger partial charge < -0.3 is 9.84 Å². The molecule has 0 aliphatic rings. The number of carbonyl (C=O) groups is 1. The minimum atomic E-state index is -0.608. The van der Waals surface area contributed by atoms with Crippen LogP contribution in [0, 0.1) is 0 Å². The van der Waals surface area contributed by atoms with Crippen LogP contribution in [0.3, 0.4) is 0 Å². The Kier molecular flexibility index (Phi) is 8.80. The Morgan fingerprint density at radius 3 is 1.87 bits per heavy atom. The highest BCUT2D eigenvalue weighted by atomic mass is 32.2. The maximum absolute atomic E-state index is 10.6. The smallest absolute Gasteiger partial charge is 0.333 e. The van der Waals surface area contributed by atoms with E-state index >= 15 is 0 Å². The van der Waals surface area contributed by atoms with Crippen molar-refractivity contribution in [2.24, 2.45) is 0 Å². The quantitative estimate of drug-likeness (QED) is 0.655. The van der Waals surface area contributed by atoms with Crippen molar-refractivity contribution < 1.29 is 14.6 Å². The van der Waals surface area contributed by atoms with Crippen LogP contribution in [0.15, 0.2) is 82.6 Å². The van der Waals surface area contributed by atoms with Crippen molar-refractivity contribution in [2.75, 3.05) is 6.61 Å². The summed E-state index contributed by atoms with van der Waals surface area (Å²) >= 11 is 1.79. The summed E-state index contributed by atoms with van der Waals surface area (Å²) in [5, 5.41) is 8.68. The van der Waals surface area contributed by atoms with Crippen LogP contribution >= 0.6 is 11.8 Å². The first-order chi connectivity index (χ1) is 11.0. The van der Waals surface area contributed by atoms with Crippen molar-refractivity contribution in [3.05, 3.63) is 72.8 Å². The van der Waals surface area contributed by atoms with Gasteiger partial charge in [-0.2, -0.15) is 0 Å². The molecule has 0 aliphatic heterocycles. The number of carbonyl (C=O) groups excluding carboxylic acids is 1. The molecule has 2 rings (SSSR count). The third kappa shape index (κ3) is 8.86. The number of aliphatic hydroxyl groups is 1. The maximum Gasteiger partial charge on any atom is 0.333 e. The number of ether oxygens (including phenoxy) is 1. The second-order valence-corrected chi connectivity index (χ2v) is 6.10.